The average molecular weight is 252 g/mol. The molecule has 0 spiro atoms. The van der Waals surface area contributed by atoms with Crippen LogP contribution in [-0.2, 0) is 4.79 Å². The molecule has 2 aliphatic rings. The third kappa shape index (κ3) is 4.27. The fraction of sp³-hybridized carbons (Fsp3) is 0.933. The summed E-state index contributed by atoms with van der Waals surface area (Å²) in [6, 6.07) is 0. The highest BCUT2D eigenvalue weighted by Crippen LogP contribution is 2.27. The normalized spacial score (nSPS) is 24.7. The molecule has 3 nitrogen and oxygen atoms in total. The maximum Gasteiger partial charge on any atom is 0.220 e. The summed E-state index contributed by atoms with van der Waals surface area (Å²) in [6.45, 7) is 4.47. The summed E-state index contributed by atoms with van der Waals surface area (Å²) in [5.74, 6) is 1.04. The van der Waals surface area contributed by atoms with Crippen molar-refractivity contribution in [1.29, 1.82) is 0 Å². The van der Waals surface area contributed by atoms with E-state index in [-0.39, 0.29) is 11.4 Å². The predicted octanol–water partition coefficient (Wildman–Crippen LogP) is 2.61. The Morgan fingerprint density at radius 1 is 1.22 bits per heavy atom. The van der Waals surface area contributed by atoms with Gasteiger partial charge in [0.15, 0.2) is 0 Å². The van der Waals surface area contributed by atoms with Crippen LogP contribution in [0, 0.1) is 5.92 Å². The van der Waals surface area contributed by atoms with Crippen LogP contribution >= 0.6 is 0 Å². The van der Waals surface area contributed by atoms with Gasteiger partial charge in [0.25, 0.3) is 0 Å². The van der Waals surface area contributed by atoms with E-state index in [4.69, 9.17) is 0 Å². The quantitative estimate of drug-likeness (QED) is 0.807. The second-order valence-electron chi connectivity index (χ2n) is 6.40. The first-order valence-electron chi connectivity index (χ1n) is 7.70. The van der Waals surface area contributed by atoms with Gasteiger partial charge in [-0.1, -0.05) is 19.3 Å². The summed E-state index contributed by atoms with van der Waals surface area (Å²) >= 11 is 0. The fourth-order valence-electron chi connectivity index (χ4n) is 3.36. The molecule has 0 aromatic rings. The maximum atomic E-state index is 12.0. The Balaban J connectivity index is 1.67. The minimum Gasteiger partial charge on any atom is -0.351 e. The highest BCUT2D eigenvalue weighted by molar-refractivity contribution is 5.76. The van der Waals surface area contributed by atoms with Gasteiger partial charge >= 0.3 is 0 Å². The monoisotopic (exact) mass is 252 g/mol. The van der Waals surface area contributed by atoms with Gasteiger partial charge in [0.1, 0.15) is 0 Å². The molecule has 1 amide bonds. The van der Waals surface area contributed by atoms with E-state index in [1.54, 1.807) is 0 Å². The van der Waals surface area contributed by atoms with Crippen molar-refractivity contribution in [3.63, 3.8) is 0 Å². The van der Waals surface area contributed by atoms with Gasteiger partial charge in [-0.3, -0.25) is 4.79 Å². The minimum absolute atomic E-state index is 0.0868. The second kappa shape index (κ2) is 6.55. The fourth-order valence-corrected chi connectivity index (χ4v) is 3.36. The van der Waals surface area contributed by atoms with Crippen LogP contribution in [0.25, 0.3) is 0 Å². The molecule has 1 saturated carbocycles. The van der Waals surface area contributed by atoms with Gasteiger partial charge in [0, 0.05) is 12.0 Å². The summed E-state index contributed by atoms with van der Waals surface area (Å²) in [7, 11) is 0. The van der Waals surface area contributed by atoms with Gasteiger partial charge in [-0.25, -0.2) is 0 Å². The number of piperidine rings is 1. The summed E-state index contributed by atoms with van der Waals surface area (Å²) in [6.07, 6.45) is 10.5. The van der Waals surface area contributed by atoms with Gasteiger partial charge in [-0.2, -0.15) is 0 Å². The van der Waals surface area contributed by atoms with E-state index in [0.29, 0.717) is 0 Å². The Bertz CT molecular complexity index is 266. The highest BCUT2D eigenvalue weighted by atomic mass is 16.1. The summed E-state index contributed by atoms with van der Waals surface area (Å²) in [5, 5.41) is 6.65. The number of rotatable bonds is 4. The molecule has 0 radical (unpaired) electrons. The molecule has 1 aliphatic carbocycles. The van der Waals surface area contributed by atoms with Crippen molar-refractivity contribution < 1.29 is 4.79 Å². The standard InChI is InChI=1S/C15H28N2O/c1-15(9-3-2-4-10-15)17-14(18)6-5-13-7-11-16-12-8-13/h13,16H,2-12H2,1H3,(H,17,18). The molecule has 104 valence electrons. The Hall–Kier alpha value is -0.570. The summed E-state index contributed by atoms with van der Waals surface area (Å²) < 4.78 is 0. The van der Waals surface area contributed by atoms with Gasteiger partial charge in [-0.15, -0.1) is 0 Å². The summed E-state index contributed by atoms with van der Waals surface area (Å²) in [5.41, 5.74) is 0.0868. The van der Waals surface area contributed by atoms with Crippen molar-refractivity contribution in [2.24, 2.45) is 5.92 Å². The van der Waals surface area contributed by atoms with E-state index < -0.39 is 0 Å². The maximum absolute atomic E-state index is 12.0. The molecule has 2 N–H and O–H groups in total. The summed E-state index contributed by atoms with van der Waals surface area (Å²) in [4.78, 5) is 12.0. The molecule has 1 saturated heterocycles. The van der Waals surface area contributed by atoms with Gasteiger partial charge in [0.2, 0.25) is 5.91 Å². The van der Waals surface area contributed by atoms with E-state index in [0.717, 1.165) is 44.7 Å². The Labute approximate surface area is 111 Å². The number of nitrogens with one attached hydrogen (secondary N) is 2. The molecule has 3 heteroatoms. The number of carbonyl (C=O) groups excluding carboxylic acids is 1. The van der Waals surface area contributed by atoms with Crippen LogP contribution in [0.15, 0.2) is 0 Å². The van der Waals surface area contributed by atoms with Crippen molar-refractivity contribution >= 4 is 5.91 Å². The third-order valence-corrected chi connectivity index (χ3v) is 4.64. The molecule has 0 bridgehead atoms. The molecule has 0 aromatic heterocycles. The molecule has 1 heterocycles. The molecule has 0 aromatic carbocycles. The van der Waals surface area contributed by atoms with E-state index in [1.807, 2.05) is 0 Å². The van der Waals surface area contributed by atoms with E-state index in [1.165, 1.54) is 32.1 Å². The van der Waals surface area contributed by atoms with Gasteiger partial charge in [0.05, 0.1) is 0 Å². The zero-order valence-corrected chi connectivity index (χ0v) is 11.8. The van der Waals surface area contributed by atoms with Crippen LogP contribution in [-0.4, -0.2) is 24.5 Å². The van der Waals surface area contributed by atoms with Crippen LogP contribution < -0.4 is 10.6 Å². The van der Waals surface area contributed by atoms with Gasteiger partial charge in [-0.05, 0) is 58.0 Å². The molecular formula is C15H28N2O. The van der Waals surface area contributed by atoms with Crippen molar-refractivity contribution in [3.8, 4) is 0 Å². The van der Waals surface area contributed by atoms with Crippen molar-refractivity contribution in [1.82, 2.24) is 10.6 Å². The number of hydrogen-bond acceptors (Lipinski definition) is 2. The predicted molar refractivity (Wildman–Crippen MR) is 74.5 cm³/mol. The topological polar surface area (TPSA) is 41.1 Å². The molecule has 2 fully saturated rings. The lowest BCUT2D eigenvalue weighted by Crippen LogP contribution is -2.47. The first-order chi connectivity index (χ1) is 8.68. The highest BCUT2D eigenvalue weighted by Gasteiger charge is 2.28. The SMILES string of the molecule is CC1(NC(=O)CCC2CCNCC2)CCCCC1. The van der Waals surface area contributed by atoms with Crippen LogP contribution in [0.4, 0.5) is 0 Å². The average Bonchev–Trinajstić information content (AvgIpc) is 2.38. The van der Waals surface area contributed by atoms with Crippen LogP contribution in [0.1, 0.15) is 64.7 Å². The lowest BCUT2D eigenvalue weighted by atomic mass is 9.83. The Morgan fingerprint density at radius 3 is 2.56 bits per heavy atom. The van der Waals surface area contributed by atoms with Crippen LogP contribution in [0.2, 0.25) is 0 Å². The van der Waals surface area contributed by atoms with E-state index >= 15 is 0 Å². The molecule has 2 rings (SSSR count). The van der Waals surface area contributed by atoms with Gasteiger partial charge < -0.3 is 10.6 Å². The number of amides is 1. The second-order valence-corrected chi connectivity index (χ2v) is 6.40. The van der Waals surface area contributed by atoms with E-state index in [9.17, 15) is 4.79 Å². The number of hydrogen-bond donors (Lipinski definition) is 2. The first-order valence-corrected chi connectivity index (χ1v) is 7.70. The van der Waals surface area contributed by atoms with Crippen molar-refractivity contribution in [2.75, 3.05) is 13.1 Å². The molecule has 1 aliphatic heterocycles. The van der Waals surface area contributed by atoms with Crippen molar-refractivity contribution in [2.45, 2.75) is 70.3 Å². The van der Waals surface area contributed by atoms with Crippen molar-refractivity contribution in [3.05, 3.63) is 0 Å². The lowest BCUT2D eigenvalue weighted by molar-refractivity contribution is -0.123. The lowest BCUT2D eigenvalue weighted by Gasteiger charge is -2.34. The first kappa shape index (κ1) is 13.9. The van der Waals surface area contributed by atoms with Crippen LogP contribution in [0.5, 0.6) is 0 Å². The smallest absolute Gasteiger partial charge is 0.220 e. The molecule has 0 atom stereocenters. The zero-order valence-electron chi connectivity index (χ0n) is 11.8. The largest absolute Gasteiger partial charge is 0.351 e. The third-order valence-electron chi connectivity index (χ3n) is 4.64. The Kier molecular flexibility index (Phi) is 5.04. The minimum atomic E-state index is 0.0868. The molecule has 0 unspecified atom stereocenters. The Morgan fingerprint density at radius 2 is 1.89 bits per heavy atom. The zero-order chi connectivity index (χ0) is 12.8. The molecular weight excluding hydrogens is 224 g/mol. The number of carbonyl (C=O) groups is 1. The van der Waals surface area contributed by atoms with E-state index in [2.05, 4.69) is 17.6 Å². The molecule has 18 heavy (non-hydrogen) atoms. The van der Waals surface area contributed by atoms with Crippen LogP contribution in [0.3, 0.4) is 0 Å².